The van der Waals surface area contributed by atoms with E-state index in [2.05, 4.69) is 21.4 Å². The number of amides is 1. The summed E-state index contributed by atoms with van der Waals surface area (Å²) in [6, 6.07) is 8.09. The summed E-state index contributed by atoms with van der Waals surface area (Å²) >= 11 is 3.36. The van der Waals surface area contributed by atoms with E-state index in [1.807, 2.05) is 0 Å². The van der Waals surface area contributed by atoms with Crippen LogP contribution >= 0.6 is 15.9 Å². The van der Waals surface area contributed by atoms with Crippen LogP contribution in [0.15, 0.2) is 40.9 Å². The van der Waals surface area contributed by atoms with E-state index in [0.717, 1.165) is 9.48 Å². The maximum atomic E-state index is 13.6. The Balaban J connectivity index is 2.17. The minimum Gasteiger partial charge on any atom is -0.288 e. The van der Waals surface area contributed by atoms with Crippen molar-refractivity contribution in [2.45, 2.75) is 18.6 Å². The van der Waals surface area contributed by atoms with Gasteiger partial charge >= 0.3 is 6.18 Å². The Morgan fingerprint density at radius 3 is 2.45 bits per heavy atom. The normalized spacial score (nSPS) is 17.7. The van der Waals surface area contributed by atoms with Gasteiger partial charge in [0.15, 0.2) is 6.04 Å². The summed E-state index contributed by atoms with van der Waals surface area (Å²) in [7, 11) is 0. The van der Waals surface area contributed by atoms with Gasteiger partial charge in [0.05, 0.1) is 0 Å². The van der Waals surface area contributed by atoms with Gasteiger partial charge < -0.3 is 0 Å². The van der Waals surface area contributed by atoms with Crippen LogP contribution in [0.1, 0.15) is 18.0 Å². The zero-order valence-corrected chi connectivity index (χ0v) is 12.9. The first-order chi connectivity index (χ1) is 10.4. The van der Waals surface area contributed by atoms with Crippen molar-refractivity contribution in [2.75, 3.05) is 6.54 Å². The first-order valence-corrected chi connectivity index (χ1v) is 7.47. The number of fused-ring (bicyclic) bond motifs is 1. The van der Waals surface area contributed by atoms with Crippen LogP contribution < -0.4 is 5.43 Å². The SMILES string of the molecule is O=C1CCN([C@@H](c2cccc3c(Br)cccc23)C(F)(F)F)N1. The lowest BCUT2D eigenvalue weighted by Gasteiger charge is -2.30. The summed E-state index contributed by atoms with van der Waals surface area (Å²) in [6.45, 7) is 0.0351. The topological polar surface area (TPSA) is 32.3 Å². The van der Waals surface area contributed by atoms with Gasteiger partial charge in [-0.3, -0.25) is 10.2 Å². The molecule has 1 saturated heterocycles. The molecule has 0 radical (unpaired) electrons. The summed E-state index contributed by atoms with van der Waals surface area (Å²) in [6.07, 6.45) is -4.42. The molecule has 0 aliphatic carbocycles. The Hall–Kier alpha value is -1.60. The van der Waals surface area contributed by atoms with E-state index in [-0.39, 0.29) is 18.5 Å². The minimum absolute atomic E-state index is 0.0351. The van der Waals surface area contributed by atoms with Crippen molar-refractivity contribution >= 4 is 32.6 Å². The summed E-state index contributed by atoms with van der Waals surface area (Å²) in [5.41, 5.74) is 2.43. The molecular formula is C15H12BrF3N2O. The molecule has 3 rings (SSSR count). The van der Waals surface area contributed by atoms with Gasteiger partial charge in [0.2, 0.25) is 5.91 Å². The molecule has 0 saturated carbocycles. The van der Waals surface area contributed by atoms with E-state index < -0.39 is 18.1 Å². The summed E-state index contributed by atoms with van der Waals surface area (Å²) < 4.78 is 41.6. The average Bonchev–Trinajstić information content (AvgIpc) is 2.85. The van der Waals surface area contributed by atoms with E-state index in [9.17, 15) is 18.0 Å². The summed E-state index contributed by atoms with van der Waals surface area (Å²) in [5, 5.41) is 2.19. The van der Waals surface area contributed by atoms with E-state index >= 15 is 0 Å². The minimum atomic E-state index is -4.49. The number of rotatable bonds is 2. The molecular weight excluding hydrogens is 361 g/mol. The van der Waals surface area contributed by atoms with Crippen LogP contribution in [0.4, 0.5) is 13.2 Å². The maximum absolute atomic E-state index is 13.6. The van der Waals surface area contributed by atoms with E-state index in [1.165, 1.54) is 6.07 Å². The van der Waals surface area contributed by atoms with Gasteiger partial charge in [-0.15, -0.1) is 0 Å². The number of halogens is 4. The van der Waals surface area contributed by atoms with Crippen LogP contribution in [0.2, 0.25) is 0 Å². The predicted octanol–water partition coefficient (Wildman–Crippen LogP) is 3.94. The zero-order chi connectivity index (χ0) is 15.9. The number of hydrogen-bond donors (Lipinski definition) is 1. The van der Waals surface area contributed by atoms with Gasteiger partial charge in [-0.25, -0.2) is 5.01 Å². The molecule has 3 nitrogen and oxygen atoms in total. The molecule has 116 valence electrons. The smallest absolute Gasteiger partial charge is 0.288 e. The maximum Gasteiger partial charge on any atom is 0.409 e. The van der Waals surface area contributed by atoms with Crippen molar-refractivity contribution in [3.05, 3.63) is 46.4 Å². The lowest BCUT2D eigenvalue weighted by Crippen LogP contribution is -2.43. The second-order valence-corrected chi connectivity index (χ2v) is 5.96. The van der Waals surface area contributed by atoms with Gasteiger partial charge in [0.25, 0.3) is 0 Å². The fourth-order valence-electron chi connectivity index (χ4n) is 2.74. The van der Waals surface area contributed by atoms with Crippen molar-refractivity contribution in [3.63, 3.8) is 0 Å². The quantitative estimate of drug-likeness (QED) is 0.865. The molecule has 2 aromatic rings. The predicted molar refractivity (Wildman–Crippen MR) is 79.9 cm³/mol. The van der Waals surface area contributed by atoms with Crippen molar-refractivity contribution in [1.82, 2.24) is 10.4 Å². The molecule has 1 amide bonds. The third-order valence-electron chi connectivity index (χ3n) is 3.67. The number of hydrazine groups is 1. The second kappa shape index (κ2) is 5.55. The van der Waals surface area contributed by atoms with Crippen LogP contribution in [0.3, 0.4) is 0 Å². The molecule has 1 aliphatic heterocycles. The van der Waals surface area contributed by atoms with Crippen molar-refractivity contribution in [2.24, 2.45) is 0 Å². The molecule has 0 unspecified atom stereocenters. The van der Waals surface area contributed by atoms with Crippen molar-refractivity contribution in [1.29, 1.82) is 0 Å². The number of carbonyl (C=O) groups excluding carboxylic acids is 1. The average molecular weight is 373 g/mol. The van der Waals surface area contributed by atoms with E-state index in [0.29, 0.717) is 10.8 Å². The number of carbonyl (C=O) groups is 1. The van der Waals surface area contributed by atoms with Crippen LogP contribution in [0, 0.1) is 0 Å². The molecule has 1 N–H and O–H groups in total. The Morgan fingerprint density at radius 2 is 1.82 bits per heavy atom. The molecule has 2 aromatic carbocycles. The van der Waals surface area contributed by atoms with E-state index in [4.69, 9.17) is 0 Å². The highest BCUT2D eigenvalue weighted by Gasteiger charge is 2.47. The molecule has 0 aromatic heterocycles. The number of nitrogens with one attached hydrogen (secondary N) is 1. The highest BCUT2D eigenvalue weighted by Crippen LogP contribution is 2.41. The highest BCUT2D eigenvalue weighted by molar-refractivity contribution is 9.10. The third-order valence-corrected chi connectivity index (χ3v) is 4.36. The van der Waals surface area contributed by atoms with Gasteiger partial charge in [-0.2, -0.15) is 13.2 Å². The van der Waals surface area contributed by atoms with Crippen LogP contribution in [-0.4, -0.2) is 23.6 Å². The van der Waals surface area contributed by atoms with E-state index in [1.54, 1.807) is 30.3 Å². The monoisotopic (exact) mass is 372 g/mol. The van der Waals surface area contributed by atoms with Gasteiger partial charge in [0, 0.05) is 17.4 Å². The van der Waals surface area contributed by atoms with Gasteiger partial charge in [-0.1, -0.05) is 46.3 Å². The van der Waals surface area contributed by atoms with Gasteiger partial charge in [-0.05, 0) is 22.4 Å². The molecule has 7 heteroatoms. The first kappa shape index (κ1) is 15.3. The number of hydrogen-bond acceptors (Lipinski definition) is 2. The molecule has 0 spiro atoms. The molecule has 1 aliphatic rings. The Bertz CT molecular complexity index is 732. The van der Waals surface area contributed by atoms with Crippen molar-refractivity contribution < 1.29 is 18.0 Å². The summed E-state index contributed by atoms with van der Waals surface area (Å²) in [5.74, 6) is -0.393. The Morgan fingerprint density at radius 1 is 1.14 bits per heavy atom. The molecule has 22 heavy (non-hydrogen) atoms. The second-order valence-electron chi connectivity index (χ2n) is 5.10. The standard InChI is InChI=1S/C15H12BrF3N2O/c16-12-6-2-3-9-10(12)4-1-5-11(9)14(15(17,18)19)21-8-7-13(22)20-21/h1-6,14H,7-8H2,(H,20,22)/t14-/m0/s1. The molecule has 0 bridgehead atoms. The fourth-order valence-corrected chi connectivity index (χ4v) is 3.24. The number of alkyl halides is 3. The van der Waals surface area contributed by atoms with Crippen LogP contribution in [0.25, 0.3) is 10.8 Å². The molecule has 1 fully saturated rings. The highest BCUT2D eigenvalue weighted by atomic mass is 79.9. The number of nitrogens with zero attached hydrogens (tertiary/aromatic N) is 1. The van der Waals surface area contributed by atoms with Crippen LogP contribution in [-0.2, 0) is 4.79 Å². The van der Waals surface area contributed by atoms with Gasteiger partial charge in [0.1, 0.15) is 0 Å². The van der Waals surface area contributed by atoms with Crippen molar-refractivity contribution in [3.8, 4) is 0 Å². The largest absolute Gasteiger partial charge is 0.409 e. The Labute approximate surface area is 133 Å². The zero-order valence-electron chi connectivity index (χ0n) is 11.3. The summed E-state index contributed by atoms with van der Waals surface area (Å²) in [4.78, 5) is 11.3. The van der Waals surface area contributed by atoms with Crippen LogP contribution in [0.5, 0.6) is 0 Å². The molecule has 1 heterocycles. The fraction of sp³-hybridized carbons (Fsp3) is 0.267. The lowest BCUT2D eigenvalue weighted by atomic mass is 9.98. The third kappa shape index (κ3) is 2.70. The molecule has 1 atom stereocenters. The Kier molecular flexibility index (Phi) is 3.86. The lowest BCUT2D eigenvalue weighted by molar-refractivity contribution is -0.190. The first-order valence-electron chi connectivity index (χ1n) is 6.68. The number of benzene rings is 2.